The number of ether oxygens (including phenoxy) is 1. The Morgan fingerprint density at radius 2 is 1.77 bits per heavy atom. The number of sulfonamides is 1. The molecule has 0 bridgehead atoms. The summed E-state index contributed by atoms with van der Waals surface area (Å²) in [6.45, 7) is 6.62. The van der Waals surface area contributed by atoms with Crippen LogP contribution in [-0.4, -0.2) is 38.3 Å². The second-order valence-corrected chi connectivity index (χ2v) is 9.30. The van der Waals surface area contributed by atoms with E-state index in [9.17, 15) is 13.2 Å². The lowest BCUT2D eigenvalue weighted by Crippen LogP contribution is -2.30. The minimum atomic E-state index is -3.63. The van der Waals surface area contributed by atoms with E-state index < -0.39 is 10.0 Å². The second-order valence-electron chi connectivity index (χ2n) is 7.36. The molecule has 0 radical (unpaired) electrons. The number of carbonyl (C=O) groups is 1. The number of hydrogen-bond acceptors (Lipinski definition) is 4. The number of nitrogens with zero attached hydrogens (tertiary/aromatic N) is 1. The molecule has 0 saturated carbocycles. The first-order valence-corrected chi connectivity index (χ1v) is 12.0. The Labute approximate surface area is 179 Å². The van der Waals surface area contributed by atoms with Crippen LogP contribution in [0.25, 0.3) is 0 Å². The highest BCUT2D eigenvalue weighted by Gasteiger charge is 2.23. The van der Waals surface area contributed by atoms with E-state index in [0.717, 1.165) is 24.8 Å². The zero-order valence-electron chi connectivity index (χ0n) is 17.9. The molecule has 0 aliphatic heterocycles. The van der Waals surface area contributed by atoms with Crippen LogP contribution in [0.4, 0.5) is 5.69 Å². The van der Waals surface area contributed by atoms with Crippen LogP contribution in [-0.2, 0) is 34.1 Å². The number of aryl methyl sites for hydroxylation is 2. The second kappa shape index (κ2) is 9.62. The van der Waals surface area contributed by atoms with E-state index in [1.54, 1.807) is 19.9 Å². The molecule has 0 unspecified atom stereocenters. The van der Waals surface area contributed by atoms with Crippen LogP contribution in [0.15, 0.2) is 41.3 Å². The van der Waals surface area contributed by atoms with Crippen molar-refractivity contribution in [3.8, 4) is 5.75 Å². The molecule has 1 N–H and O–H groups in total. The molecule has 1 amide bonds. The Balaban J connectivity index is 1.83. The van der Waals surface area contributed by atoms with E-state index in [0.29, 0.717) is 31.1 Å². The predicted octanol–water partition coefficient (Wildman–Crippen LogP) is 3.79. The summed E-state index contributed by atoms with van der Waals surface area (Å²) >= 11 is 0. The largest absolute Gasteiger partial charge is 0.492 e. The van der Waals surface area contributed by atoms with Crippen molar-refractivity contribution in [2.75, 3.05) is 25.0 Å². The smallest absolute Gasteiger partial charge is 0.243 e. The zero-order chi connectivity index (χ0) is 21.7. The van der Waals surface area contributed by atoms with Gasteiger partial charge in [0.1, 0.15) is 5.75 Å². The number of carbonyl (C=O) groups excluding carboxylic acids is 1. The topological polar surface area (TPSA) is 75.7 Å². The molecule has 0 saturated heterocycles. The summed E-state index contributed by atoms with van der Waals surface area (Å²) in [5.41, 5.74) is 4.02. The van der Waals surface area contributed by atoms with Crippen molar-refractivity contribution in [3.05, 3.63) is 53.1 Å². The van der Waals surface area contributed by atoms with Crippen LogP contribution in [0.2, 0.25) is 0 Å². The first-order valence-electron chi connectivity index (χ1n) is 10.6. The molecule has 2 aromatic carbocycles. The van der Waals surface area contributed by atoms with E-state index in [1.165, 1.54) is 27.6 Å². The molecule has 30 heavy (non-hydrogen) atoms. The van der Waals surface area contributed by atoms with Crippen molar-refractivity contribution in [1.82, 2.24) is 4.31 Å². The van der Waals surface area contributed by atoms with E-state index >= 15 is 0 Å². The van der Waals surface area contributed by atoms with Gasteiger partial charge < -0.3 is 10.1 Å². The Bertz CT molecular complexity index is 1010. The molecule has 2 aromatic rings. The summed E-state index contributed by atoms with van der Waals surface area (Å²) in [5, 5.41) is 2.85. The maximum absolute atomic E-state index is 12.9. The van der Waals surface area contributed by atoms with Gasteiger partial charge in [-0.2, -0.15) is 4.31 Å². The lowest BCUT2D eigenvalue weighted by atomic mass is 10.0. The highest BCUT2D eigenvalue weighted by Crippen LogP contribution is 2.30. The maximum Gasteiger partial charge on any atom is 0.243 e. The number of fused-ring (bicyclic) bond motifs is 1. The van der Waals surface area contributed by atoms with Crippen LogP contribution in [0.3, 0.4) is 0 Å². The SMILES string of the molecule is CCOc1ccc(S(=O)(=O)N(CC)CC)cc1NC(=O)Cc1ccc2c(c1)CCC2. The maximum atomic E-state index is 12.9. The highest BCUT2D eigenvalue weighted by molar-refractivity contribution is 7.89. The van der Waals surface area contributed by atoms with Crippen molar-refractivity contribution >= 4 is 21.6 Å². The van der Waals surface area contributed by atoms with Gasteiger partial charge in [-0.15, -0.1) is 0 Å². The summed E-state index contributed by atoms with van der Waals surface area (Å²) in [4.78, 5) is 12.9. The van der Waals surface area contributed by atoms with Gasteiger partial charge in [0.25, 0.3) is 0 Å². The molecule has 7 heteroatoms. The molecule has 162 valence electrons. The number of rotatable bonds is 9. The highest BCUT2D eigenvalue weighted by atomic mass is 32.2. The van der Waals surface area contributed by atoms with Crippen LogP contribution >= 0.6 is 0 Å². The Morgan fingerprint density at radius 3 is 2.47 bits per heavy atom. The van der Waals surface area contributed by atoms with Gasteiger partial charge in [0, 0.05) is 13.1 Å². The molecule has 6 nitrogen and oxygen atoms in total. The number of anilines is 1. The third kappa shape index (κ3) is 4.84. The fraction of sp³-hybridized carbons (Fsp3) is 0.435. The van der Waals surface area contributed by atoms with Gasteiger partial charge in [-0.05, 0) is 61.1 Å². The number of benzene rings is 2. The van der Waals surface area contributed by atoms with E-state index in [4.69, 9.17) is 4.74 Å². The first-order chi connectivity index (χ1) is 14.4. The number of amides is 1. The van der Waals surface area contributed by atoms with E-state index in [1.807, 2.05) is 13.0 Å². The Hall–Kier alpha value is -2.38. The standard InChI is InChI=1S/C23H30N2O4S/c1-4-25(5-2)30(27,28)20-12-13-22(29-6-3)21(16-20)24-23(26)15-17-10-11-18-8-7-9-19(18)14-17/h10-14,16H,4-9,15H2,1-3H3,(H,24,26). The number of nitrogens with one attached hydrogen (secondary N) is 1. The average molecular weight is 431 g/mol. The first kappa shape index (κ1) is 22.3. The predicted molar refractivity (Wildman–Crippen MR) is 119 cm³/mol. The summed E-state index contributed by atoms with van der Waals surface area (Å²) in [6, 6.07) is 10.8. The van der Waals surface area contributed by atoms with Gasteiger partial charge in [0.05, 0.1) is 23.6 Å². The third-order valence-electron chi connectivity index (χ3n) is 5.40. The van der Waals surface area contributed by atoms with Gasteiger partial charge in [0.2, 0.25) is 15.9 Å². The van der Waals surface area contributed by atoms with Crippen molar-refractivity contribution in [3.63, 3.8) is 0 Å². The van der Waals surface area contributed by atoms with Crippen LogP contribution in [0.5, 0.6) is 5.75 Å². The van der Waals surface area contributed by atoms with Gasteiger partial charge >= 0.3 is 0 Å². The zero-order valence-corrected chi connectivity index (χ0v) is 18.7. The normalized spacial score (nSPS) is 13.3. The summed E-state index contributed by atoms with van der Waals surface area (Å²) in [5.74, 6) is 0.254. The van der Waals surface area contributed by atoms with Crippen LogP contribution in [0.1, 0.15) is 43.9 Å². The Kier molecular flexibility index (Phi) is 7.15. The molecule has 0 fully saturated rings. The third-order valence-corrected chi connectivity index (χ3v) is 7.44. The molecule has 3 rings (SSSR count). The molecule has 0 heterocycles. The Morgan fingerprint density at radius 1 is 1.03 bits per heavy atom. The fourth-order valence-electron chi connectivity index (χ4n) is 3.88. The van der Waals surface area contributed by atoms with Crippen LogP contribution in [0, 0.1) is 0 Å². The lowest BCUT2D eigenvalue weighted by Gasteiger charge is -2.20. The van der Waals surface area contributed by atoms with Crippen molar-refractivity contribution in [2.24, 2.45) is 0 Å². The molecular weight excluding hydrogens is 400 g/mol. The molecular formula is C23H30N2O4S. The van der Waals surface area contributed by atoms with Gasteiger partial charge in [-0.25, -0.2) is 8.42 Å². The van der Waals surface area contributed by atoms with Crippen molar-refractivity contribution < 1.29 is 17.9 Å². The molecule has 0 aromatic heterocycles. The quantitative estimate of drug-likeness (QED) is 0.657. The minimum Gasteiger partial charge on any atom is -0.492 e. The van der Waals surface area contributed by atoms with Crippen molar-refractivity contribution in [2.45, 2.75) is 51.3 Å². The van der Waals surface area contributed by atoms with Gasteiger partial charge in [0.15, 0.2) is 0 Å². The van der Waals surface area contributed by atoms with Crippen molar-refractivity contribution in [1.29, 1.82) is 0 Å². The average Bonchev–Trinajstić information content (AvgIpc) is 3.18. The minimum absolute atomic E-state index is 0.141. The van der Waals surface area contributed by atoms with Gasteiger partial charge in [-0.1, -0.05) is 32.0 Å². The van der Waals surface area contributed by atoms with E-state index in [-0.39, 0.29) is 17.2 Å². The molecule has 0 atom stereocenters. The lowest BCUT2D eigenvalue weighted by molar-refractivity contribution is -0.115. The van der Waals surface area contributed by atoms with Crippen LogP contribution < -0.4 is 10.1 Å². The monoisotopic (exact) mass is 430 g/mol. The number of hydrogen-bond donors (Lipinski definition) is 1. The van der Waals surface area contributed by atoms with E-state index in [2.05, 4.69) is 17.4 Å². The summed E-state index contributed by atoms with van der Waals surface area (Å²) < 4.78 is 32.7. The molecule has 1 aliphatic carbocycles. The van der Waals surface area contributed by atoms with Gasteiger partial charge in [-0.3, -0.25) is 4.79 Å². The summed E-state index contributed by atoms with van der Waals surface area (Å²) in [7, 11) is -3.63. The fourth-order valence-corrected chi connectivity index (χ4v) is 5.36. The molecule has 1 aliphatic rings. The molecule has 0 spiro atoms. The summed E-state index contributed by atoms with van der Waals surface area (Å²) in [6.07, 6.45) is 3.56.